The van der Waals surface area contributed by atoms with Gasteiger partial charge in [-0.15, -0.1) is 0 Å². The van der Waals surface area contributed by atoms with Crippen LogP contribution in [0.3, 0.4) is 0 Å². The quantitative estimate of drug-likeness (QED) is 0.435. The van der Waals surface area contributed by atoms with Crippen LogP contribution in [-0.2, 0) is 4.74 Å². The van der Waals surface area contributed by atoms with Gasteiger partial charge in [0, 0.05) is 19.1 Å². The minimum atomic E-state index is -0.241. The summed E-state index contributed by atoms with van der Waals surface area (Å²) in [7, 11) is 1.64. The standard InChI is InChI=1S/C15H22NO2.Li/c1-6-16(14(18-5)15(2,3)4)13(17)12-10-8-7-9-11-12;/h7-8,10-11,14H,6H2,1-5H3;/q-1;+1/i7+2,8+2,9+2,10+2,11+2,12+2;. The van der Waals surface area contributed by atoms with Crippen LogP contribution in [0, 0.1) is 11.5 Å². The van der Waals surface area contributed by atoms with Gasteiger partial charge >= 0.3 is 18.9 Å². The number of benzene rings is 1. The zero-order valence-electron chi connectivity index (χ0n) is 12.9. The molecule has 0 saturated heterocycles. The second-order valence-electron chi connectivity index (χ2n) is 5.34. The molecule has 0 bridgehead atoms. The van der Waals surface area contributed by atoms with Crippen LogP contribution in [0.5, 0.6) is 0 Å². The molecule has 0 aromatic heterocycles. The van der Waals surface area contributed by atoms with Crippen LogP contribution in [0.2, 0.25) is 0 Å². The van der Waals surface area contributed by atoms with Crippen molar-refractivity contribution in [2.75, 3.05) is 13.7 Å². The topological polar surface area (TPSA) is 29.5 Å². The summed E-state index contributed by atoms with van der Waals surface area (Å²) in [6.45, 7) is 8.77. The maximum atomic E-state index is 12.4. The Balaban J connectivity index is 0.00000324. The number of hydrogen-bond donors (Lipinski definition) is 0. The van der Waals surface area contributed by atoms with Gasteiger partial charge < -0.3 is 9.64 Å². The zero-order chi connectivity index (χ0) is 13.8. The Labute approximate surface area is 128 Å². The third-order valence-corrected chi connectivity index (χ3v) is 2.80. The molecule has 1 amide bonds. The predicted molar refractivity (Wildman–Crippen MR) is 72.2 cm³/mol. The summed E-state index contributed by atoms with van der Waals surface area (Å²) in [5, 5.41) is 0. The Morgan fingerprint density at radius 3 is 2.47 bits per heavy atom. The second-order valence-corrected chi connectivity index (χ2v) is 5.34. The van der Waals surface area contributed by atoms with Gasteiger partial charge in [0.05, 0.1) is 0 Å². The molecule has 1 aromatic carbocycles. The summed E-state index contributed by atoms with van der Waals surface area (Å²) in [6, 6.07) is 10.0. The number of amides is 1. The molecule has 19 heavy (non-hydrogen) atoms. The molecule has 1 atom stereocenters. The summed E-state index contributed by atoms with van der Waals surface area (Å²) < 4.78 is 5.51. The third-order valence-electron chi connectivity index (χ3n) is 2.80. The Morgan fingerprint density at radius 1 is 1.47 bits per heavy atom. The molecule has 3 nitrogen and oxygen atoms in total. The molecule has 100 valence electrons. The van der Waals surface area contributed by atoms with Crippen LogP contribution in [0.15, 0.2) is 24.3 Å². The van der Waals surface area contributed by atoms with Gasteiger partial charge in [0.15, 0.2) is 5.91 Å². The van der Waals surface area contributed by atoms with Crippen LogP contribution < -0.4 is 18.9 Å². The summed E-state index contributed by atoms with van der Waals surface area (Å²) in [5.74, 6) is -0.0175. The number of carbonyl (C=O) groups is 1. The van der Waals surface area contributed by atoms with Gasteiger partial charge in [0.1, 0.15) is 6.23 Å². The first-order valence-electron chi connectivity index (χ1n) is 6.21. The minimum absolute atomic E-state index is 0. The summed E-state index contributed by atoms with van der Waals surface area (Å²) in [4.78, 5) is 14.2. The number of carbonyl (C=O) groups excluding carboxylic acids is 1. The third kappa shape index (κ3) is 4.69. The van der Waals surface area contributed by atoms with Gasteiger partial charge in [-0.25, -0.2) is 0 Å². The Bertz CT molecular complexity index is 387. The van der Waals surface area contributed by atoms with E-state index in [1.807, 2.05) is 13.0 Å². The number of methoxy groups -OCH3 is 1. The normalized spacial score (nSPS) is 12.5. The molecule has 0 aliphatic carbocycles. The molecule has 4 heteroatoms. The summed E-state index contributed by atoms with van der Waals surface area (Å²) in [5.41, 5.74) is 0.518. The molecule has 0 heterocycles. The zero-order valence-corrected chi connectivity index (χ0v) is 12.9. The molecular formula is C15H22LiNO2. The van der Waals surface area contributed by atoms with Crippen molar-refractivity contribution >= 4 is 5.91 Å². The van der Waals surface area contributed by atoms with Crippen molar-refractivity contribution in [2.24, 2.45) is 5.41 Å². The first-order chi connectivity index (χ1) is 8.41. The van der Waals surface area contributed by atoms with E-state index in [0.717, 1.165) is 0 Å². The largest absolute Gasteiger partial charge is 1.00 e. The smallest absolute Gasteiger partial charge is 0.361 e. The number of hydrogen-bond acceptors (Lipinski definition) is 2. The molecule has 0 aliphatic rings. The van der Waals surface area contributed by atoms with Gasteiger partial charge in [-0.3, -0.25) is 4.79 Å². The van der Waals surface area contributed by atoms with Crippen molar-refractivity contribution < 1.29 is 28.4 Å². The summed E-state index contributed by atoms with van der Waals surface area (Å²) in [6.07, 6.45) is -0.241. The SMILES string of the molecule is CCN(C(=O)[14c]1[14cH][14c-][14cH][14cH][14cH]1)C(OC)C(C)(C)C.[Li+]. The maximum Gasteiger partial charge on any atom is 1.00 e. The van der Waals surface area contributed by atoms with E-state index in [9.17, 15) is 4.79 Å². The number of nitrogens with zero attached hydrogens (tertiary/aromatic N) is 1. The first-order valence-corrected chi connectivity index (χ1v) is 6.21. The first kappa shape index (κ1) is 18.2. The molecule has 0 fully saturated rings. The van der Waals surface area contributed by atoms with E-state index in [-0.39, 0.29) is 36.4 Å². The Morgan fingerprint density at radius 2 is 2.11 bits per heavy atom. The molecule has 0 spiro atoms. The Hall–Kier alpha value is -0.753. The van der Waals surface area contributed by atoms with E-state index in [0.29, 0.717) is 12.1 Å². The average molecular weight is 267 g/mol. The fourth-order valence-corrected chi connectivity index (χ4v) is 2.06. The van der Waals surface area contributed by atoms with E-state index < -0.39 is 0 Å². The van der Waals surface area contributed by atoms with E-state index in [1.165, 1.54) is 0 Å². The van der Waals surface area contributed by atoms with E-state index in [1.54, 1.807) is 30.2 Å². The van der Waals surface area contributed by atoms with Crippen LogP contribution in [0.25, 0.3) is 0 Å². The van der Waals surface area contributed by atoms with Crippen molar-refractivity contribution in [3.63, 3.8) is 0 Å². The van der Waals surface area contributed by atoms with Gasteiger partial charge in [0.25, 0.3) is 0 Å². The molecule has 0 N–H and O–H groups in total. The predicted octanol–water partition coefficient (Wildman–Crippen LogP) is -0.0285. The molecule has 1 unspecified atom stereocenters. The van der Waals surface area contributed by atoms with Crippen LogP contribution in [0.1, 0.15) is 38.1 Å². The fraction of sp³-hybridized carbons (Fsp3) is 0.533. The molecule has 0 radical (unpaired) electrons. The second kappa shape index (κ2) is 7.74. The minimum Gasteiger partial charge on any atom is -0.361 e. The van der Waals surface area contributed by atoms with Crippen LogP contribution in [0.4, 0.5) is 0 Å². The summed E-state index contributed by atoms with van der Waals surface area (Å²) >= 11 is 0. The van der Waals surface area contributed by atoms with Gasteiger partial charge in [-0.1, -0.05) is 26.3 Å². The van der Waals surface area contributed by atoms with E-state index in [4.69, 9.17) is 4.74 Å². The number of ether oxygens (including phenoxy) is 1. The van der Waals surface area contributed by atoms with Crippen molar-refractivity contribution in [3.05, 3.63) is 35.9 Å². The average Bonchev–Trinajstić information content (AvgIpc) is 2.34. The fourth-order valence-electron chi connectivity index (χ4n) is 2.06. The number of rotatable bonds is 4. The van der Waals surface area contributed by atoms with E-state index in [2.05, 4.69) is 26.8 Å². The van der Waals surface area contributed by atoms with Crippen molar-refractivity contribution in [2.45, 2.75) is 33.9 Å². The van der Waals surface area contributed by atoms with Gasteiger partial charge in [0.2, 0.25) is 0 Å². The van der Waals surface area contributed by atoms with Crippen molar-refractivity contribution in [1.29, 1.82) is 0 Å². The molecule has 1 aromatic rings. The molecular weight excluding hydrogens is 245 g/mol. The maximum absolute atomic E-state index is 12.4. The van der Waals surface area contributed by atoms with Crippen molar-refractivity contribution in [3.8, 4) is 0 Å². The Kier molecular flexibility index (Phi) is 7.44. The molecule has 0 saturated carbocycles. The van der Waals surface area contributed by atoms with Crippen LogP contribution >= 0.6 is 0 Å². The van der Waals surface area contributed by atoms with E-state index >= 15 is 0 Å². The monoisotopic (exact) mass is 267 g/mol. The van der Waals surface area contributed by atoms with Crippen LogP contribution in [-0.4, -0.2) is 30.7 Å². The van der Waals surface area contributed by atoms with Crippen molar-refractivity contribution in [1.82, 2.24) is 4.90 Å². The molecule has 0 aliphatic heterocycles. The van der Waals surface area contributed by atoms with Gasteiger partial charge in [-0.2, -0.15) is 30.3 Å². The molecule has 1 rings (SSSR count). The van der Waals surface area contributed by atoms with Gasteiger partial charge in [-0.05, 0) is 6.92 Å².